The zero-order chi connectivity index (χ0) is 22.0. The van der Waals surface area contributed by atoms with Crippen molar-refractivity contribution in [1.82, 2.24) is 0 Å². The summed E-state index contributed by atoms with van der Waals surface area (Å²) in [6.45, 7) is 4.03. The summed E-state index contributed by atoms with van der Waals surface area (Å²) in [6, 6.07) is 6.41. The zero-order valence-corrected chi connectivity index (χ0v) is 18.8. The molecule has 0 aromatic heterocycles. The van der Waals surface area contributed by atoms with E-state index in [1.807, 2.05) is 6.92 Å². The average molecular weight is 434 g/mol. The molecular formula is C23H31NO5S. The van der Waals surface area contributed by atoms with E-state index in [9.17, 15) is 14.4 Å². The van der Waals surface area contributed by atoms with Gasteiger partial charge in [0.25, 0.3) is 5.91 Å². The second-order valence-electron chi connectivity index (χ2n) is 7.58. The molecule has 0 radical (unpaired) electrons. The second-order valence-corrected chi connectivity index (χ2v) is 9.09. The fourth-order valence-electron chi connectivity index (χ4n) is 3.32. The van der Waals surface area contributed by atoms with Crippen LogP contribution in [-0.4, -0.2) is 35.5 Å². The maximum Gasteiger partial charge on any atom is 0.337 e. The first-order chi connectivity index (χ1) is 14.4. The summed E-state index contributed by atoms with van der Waals surface area (Å²) in [6.07, 6.45) is 9.45. The number of anilines is 1. The Balaban J connectivity index is 1.82. The second kappa shape index (κ2) is 11.8. The molecule has 1 unspecified atom stereocenters. The number of amides is 1. The van der Waals surface area contributed by atoms with Crippen LogP contribution in [0.3, 0.4) is 0 Å². The van der Waals surface area contributed by atoms with E-state index in [1.165, 1.54) is 50.6 Å². The van der Waals surface area contributed by atoms with Crippen LogP contribution < -0.4 is 5.32 Å². The standard InChI is InChI=1S/C23H31NO5S/c1-4-5-6-7-8-9-14-23(2)19(15-21(26)30-23)29-16-20(25)24-18-12-10-17(11-13-18)22(27)28-3/h10-13,15H,4-9,14,16H2,1-3H3,(H,24,25). The number of thioether (sulfide) groups is 1. The van der Waals surface area contributed by atoms with E-state index in [1.54, 1.807) is 24.3 Å². The van der Waals surface area contributed by atoms with Crippen molar-refractivity contribution in [3.8, 4) is 0 Å². The Morgan fingerprint density at radius 1 is 1.07 bits per heavy atom. The van der Waals surface area contributed by atoms with Gasteiger partial charge in [0.15, 0.2) is 6.61 Å². The van der Waals surface area contributed by atoms with Crippen molar-refractivity contribution in [2.45, 2.75) is 63.5 Å². The van der Waals surface area contributed by atoms with Crippen LogP contribution in [-0.2, 0) is 19.1 Å². The number of hydrogen-bond donors (Lipinski definition) is 1. The number of carbonyl (C=O) groups excluding carboxylic acids is 3. The van der Waals surface area contributed by atoms with Crippen LogP contribution in [0.15, 0.2) is 36.1 Å². The monoisotopic (exact) mass is 433 g/mol. The summed E-state index contributed by atoms with van der Waals surface area (Å²) in [5.41, 5.74) is 0.959. The quantitative estimate of drug-likeness (QED) is 0.365. The van der Waals surface area contributed by atoms with Gasteiger partial charge in [0, 0.05) is 11.8 Å². The molecule has 0 aliphatic carbocycles. The van der Waals surface area contributed by atoms with E-state index in [-0.39, 0.29) is 17.6 Å². The highest BCUT2D eigenvalue weighted by atomic mass is 32.2. The van der Waals surface area contributed by atoms with Gasteiger partial charge in [0.1, 0.15) is 5.76 Å². The van der Waals surface area contributed by atoms with Crippen molar-refractivity contribution in [2.24, 2.45) is 0 Å². The van der Waals surface area contributed by atoms with Crippen LogP contribution in [0.5, 0.6) is 0 Å². The molecule has 1 heterocycles. The molecule has 0 fully saturated rings. The number of benzene rings is 1. The lowest BCUT2D eigenvalue weighted by Crippen LogP contribution is -2.26. The minimum atomic E-state index is -0.434. The van der Waals surface area contributed by atoms with Crippen LogP contribution in [0.25, 0.3) is 0 Å². The molecule has 1 aliphatic rings. The van der Waals surface area contributed by atoms with Crippen LogP contribution in [0.4, 0.5) is 5.69 Å². The lowest BCUT2D eigenvalue weighted by atomic mass is 9.99. The van der Waals surface area contributed by atoms with E-state index in [4.69, 9.17) is 4.74 Å². The molecule has 6 nitrogen and oxygen atoms in total. The van der Waals surface area contributed by atoms with Gasteiger partial charge < -0.3 is 14.8 Å². The van der Waals surface area contributed by atoms with E-state index in [2.05, 4.69) is 17.0 Å². The van der Waals surface area contributed by atoms with Crippen LogP contribution in [0, 0.1) is 0 Å². The SMILES string of the molecule is CCCCCCCCC1(C)SC(=O)C=C1OCC(=O)Nc1ccc(C(=O)OC)cc1. The Bertz CT molecular complexity index is 774. The molecule has 30 heavy (non-hydrogen) atoms. The number of unbranched alkanes of at least 4 members (excludes halogenated alkanes) is 5. The third-order valence-electron chi connectivity index (χ3n) is 5.05. The first-order valence-electron chi connectivity index (χ1n) is 10.4. The highest BCUT2D eigenvalue weighted by Crippen LogP contribution is 2.44. The number of nitrogens with one attached hydrogen (secondary N) is 1. The van der Waals surface area contributed by atoms with Crippen molar-refractivity contribution in [3.63, 3.8) is 0 Å². The van der Waals surface area contributed by atoms with Crippen molar-refractivity contribution in [2.75, 3.05) is 19.0 Å². The lowest BCUT2D eigenvalue weighted by Gasteiger charge is -2.26. The molecule has 164 valence electrons. The number of ether oxygens (including phenoxy) is 2. The predicted octanol–water partition coefficient (Wildman–Crippen LogP) is 5.09. The summed E-state index contributed by atoms with van der Waals surface area (Å²) in [5.74, 6) is -0.188. The molecule has 1 N–H and O–H groups in total. The normalized spacial score (nSPS) is 18.1. The highest BCUT2D eigenvalue weighted by molar-refractivity contribution is 8.15. The Hall–Kier alpha value is -2.28. The molecule has 1 aliphatic heterocycles. The smallest absolute Gasteiger partial charge is 0.337 e. The van der Waals surface area contributed by atoms with E-state index >= 15 is 0 Å². The van der Waals surface area contributed by atoms with Crippen molar-refractivity contribution >= 4 is 34.4 Å². The Kier molecular flexibility index (Phi) is 9.43. The van der Waals surface area contributed by atoms with Gasteiger partial charge in [-0.1, -0.05) is 57.2 Å². The Morgan fingerprint density at radius 3 is 2.40 bits per heavy atom. The summed E-state index contributed by atoms with van der Waals surface area (Å²) in [7, 11) is 1.32. The minimum Gasteiger partial charge on any atom is -0.486 e. The van der Waals surface area contributed by atoms with Crippen molar-refractivity contribution in [3.05, 3.63) is 41.7 Å². The third-order valence-corrected chi connectivity index (χ3v) is 6.23. The molecule has 0 spiro atoms. The summed E-state index contributed by atoms with van der Waals surface area (Å²) < 4.78 is 9.97. The summed E-state index contributed by atoms with van der Waals surface area (Å²) in [5, 5.41) is 2.70. The lowest BCUT2D eigenvalue weighted by molar-refractivity contribution is -0.119. The predicted molar refractivity (Wildman–Crippen MR) is 119 cm³/mol. The van der Waals surface area contributed by atoms with Gasteiger partial charge in [0.2, 0.25) is 5.12 Å². The van der Waals surface area contributed by atoms with Gasteiger partial charge in [0.05, 0.1) is 17.4 Å². The van der Waals surface area contributed by atoms with E-state index in [0.29, 0.717) is 17.0 Å². The number of methoxy groups -OCH3 is 1. The van der Waals surface area contributed by atoms with Crippen molar-refractivity contribution < 1.29 is 23.9 Å². The number of rotatable bonds is 12. The van der Waals surface area contributed by atoms with Crippen LogP contribution in [0.1, 0.15) is 69.2 Å². The molecule has 1 atom stereocenters. The molecular weight excluding hydrogens is 402 g/mol. The number of esters is 1. The molecule has 2 rings (SSSR count). The largest absolute Gasteiger partial charge is 0.486 e. The van der Waals surface area contributed by atoms with Gasteiger partial charge >= 0.3 is 5.97 Å². The third kappa shape index (κ3) is 7.20. The molecule has 1 aromatic carbocycles. The topological polar surface area (TPSA) is 81.7 Å². The van der Waals surface area contributed by atoms with Gasteiger partial charge in [-0.2, -0.15) is 0 Å². The Morgan fingerprint density at radius 2 is 1.73 bits per heavy atom. The van der Waals surface area contributed by atoms with Crippen molar-refractivity contribution in [1.29, 1.82) is 0 Å². The highest BCUT2D eigenvalue weighted by Gasteiger charge is 2.39. The minimum absolute atomic E-state index is 0.0303. The van der Waals surface area contributed by atoms with Gasteiger partial charge in [-0.15, -0.1) is 0 Å². The van der Waals surface area contributed by atoms with Crippen LogP contribution in [0.2, 0.25) is 0 Å². The maximum atomic E-state index is 12.3. The molecule has 7 heteroatoms. The molecule has 0 saturated carbocycles. The molecule has 1 amide bonds. The van der Waals surface area contributed by atoms with Crippen LogP contribution >= 0.6 is 11.8 Å². The fraction of sp³-hybridized carbons (Fsp3) is 0.522. The van der Waals surface area contributed by atoms with E-state index < -0.39 is 10.7 Å². The average Bonchev–Trinajstić information content (AvgIpc) is 3.02. The number of hydrogen-bond acceptors (Lipinski definition) is 6. The summed E-state index contributed by atoms with van der Waals surface area (Å²) >= 11 is 1.27. The molecule has 0 bridgehead atoms. The molecule has 0 saturated heterocycles. The fourth-order valence-corrected chi connectivity index (χ4v) is 4.40. The Labute approximate surface area is 182 Å². The first kappa shape index (κ1) is 24.0. The van der Waals surface area contributed by atoms with Gasteiger partial charge in [-0.3, -0.25) is 9.59 Å². The summed E-state index contributed by atoms with van der Waals surface area (Å²) in [4.78, 5) is 35.7. The van der Waals surface area contributed by atoms with Gasteiger partial charge in [-0.25, -0.2) is 4.79 Å². The molecule has 1 aromatic rings. The zero-order valence-electron chi connectivity index (χ0n) is 18.0. The van der Waals surface area contributed by atoms with Gasteiger partial charge in [-0.05, 0) is 37.6 Å². The number of carbonyl (C=O) groups is 3. The van der Waals surface area contributed by atoms with E-state index in [0.717, 1.165) is 19.3 Å². The maximum absolute atomic E-state index is 12.3. The first-order valence-corrected chi connectivity index (χ1v) is 11.3.